The van der Waals surface area contributed by atoms with E-state index in [9.17, 15) is 5.11 Å². The third kappa shape index (κ3) is 3.25. The quantitative estimate of drug-likeness (QED) is 0.786. The smallest absolute Gasteiger partial charge is 0.0695 e. The van der Waals surface area contributed by atoms with Gasteiger partial charge in [-0.05, 0) is 45.2 Å². The van der Waals surface area contributed by atoms with Crippen molar-refractivity contribution in [3.63, 3.8) is 0 Å². The van der Waals surface area contributed by atoms with Gasteiger partial charge in [0.25, 0.3) is 0 Å². The van der Waals surface area contributed by atoms with E-state index >= 15 is 0 Å². The molecule has 2 rings (SSSR count). The molecule has 106 valence electrons. The van der Waals surface area contributed by atoms with E-state index in [0.717, 1.165) is 25.3 Å². The molecule has 2 aliphatic heterocycles. The molecule has 2 fully saturated rings. The minimum Gasteiger partial charge on any atom is -0.391 e. The molecule has 3 heteroatoms. The highest BCUT2D eigenvalue weighted by Gasteiger charge is 2.34. The van der Waals surface area contributed by atoms with Gasteiger partial charge >= 0.3 is 0 Å². The first-order valence-electron chi connectivity index (χ1n) is 7.92. The Balaban J connectivity index is 1.85. The van der Waals surface area contributed by atoms with Gasteiger partial charge in [-0.25, -0.2) is 0 Å². The van der Waals surface area contributed by atoms with E-state index in [4.69, 9.17) is 0 Å². The number of nitrogens with zero attached hydrogens (tertiary/aromatic N) is 2. The Labute approximate surface area is 112 Å². The van der Waals surface area contributed by atoms with Crippen molar-refractivity contribution >= 4 is 0 Å². The zero-order valence-electron chi connectivity index (χ0n) is 12.1. The molecule has 1 N–H and O–H groups in total. The van der Waals surface area contributed by atoms with Gasteiger partial charge in [0.15, 0.2) is 0 Å². The maximum Gasteiger partial charge on any atom is 0.0695 e. The second-order valence-corrected chi connectivity index (χ2v) is 6.01. The molecule has 0 radical (unpaired) electrons. The van der Waals surface area contributed by atoms with Crippen molar-refractivity contribution in [2.75, 3.05) is 26.2 Å². The first-order chi connectivity index (χ1) is 8.76. The van der Waals surface area contributed by atoms with Crippen LogP contribution in [0.15, 0.2) is 0 Å². The summed E-state index contributed by atoms with van der Waals surface area (Å²) in [5.74, 6) is 0. The van der Waals surface area contributed by atoms with Crippen LogP contribution in [0.2, 0.25) is 0 Å². The fourth-order valence-corrected chi connectivity index (χ4v) is 3.74. The third-order valence-corrected chi connectivity index (χ3v) is 4.77. The van der Waals surface area contributed by atoms with Gasteiger partial charge < -0.3 is 5.11 Å². The number of aliphatic hydroxyl groups excluding tert-OH is 1. The number of likely N-dealkylation sites (tertiary alicyclic amines) is 2. The van der Waals surface area contributed by atoms with Crippen molar-refractivity contribution in [3.05, 3.63) is 0 Å². The summed E-state index contributed by atoms with van der Waals surface area (Å²) in [6.45, 7) is 9.33. The average Bonchev–Trinajstić information content (AvgIpc) is 3.00. The zero-order valence-corrected chi connectivity index (χ0v) is 12.1. The SMILES string of the molecule is CCCC(O)C(CC)N1CCC(N2CCCC2)C1. The Morgan fingerprint density at radius 2 is 1.89 bits per heavy atom. The molecule has 3 unspecified atom stereocenters. The Bertz CT molecular complexity index is 241. The predicted octanol–water partition coefficient (Wildman–Crippen LogP) is 2.10. The molecule has 0 aliphatic carbocycles. The van der Waals surface area contributed by atoms with Crippen LogP contribution in [-0.4, -0.2) is 59.3 Å². The summed E-state index contributed by atoms with van der Waals surface area (Å²) in [5.41, 5.74) is 0. The molecule has 0 amide bonds. The minimum atomic E-state index is -0.127. The van der Waals surface area contributed by atoms with Crippen LogP contribution < -0.4 is 0 Å². The topological polar surface area (TPSA) is 26.7 Å². The van der Waals surface area contributed by atoms with Crippen LogP contribution in [-0.2, 0) is 0 Å². The lowest BCUT2D eigenvalue weighted by Crippen LogP contribution is -2.44. The summed E-state index contributed by atoms with van der Waals surface area (Å²) >= 11 is 0. The van der Waals surface area contributed by atoms with Gasteiger partial charge in [0.2, 0.25) is 0 Å². The predicted molar refractivity (Wildman–Crippen MR) is 75.8 cm³/mol. The maximum absolute atomic E-state index is 10.3. The van der Waals surface area contributed by atoms with Gasteiger partial charge in [-0.15, -0.1) is 0 Å². The van der Waals surface area contributed by atoms with Crippen molar-refractivity contribution in [2.24, 2.45) is 0 Å². The number of rotatable bonds is 6. The standard InChI is InChI=1S/C15H30N2O/c1-3-7-15(18)14(4-2)17-11-8-13(12-17)16-9-5-6-10-16/h13-15,18H,3-12H2,1-2H3. The monoisotopic (exact) mass is 254 g/mol. The normalized spacial score (nSPS) is 29.8. The fourth-order valence-electron chi connectivity index (χ4n) is 3.74. The van der Waals surface area contributed by atoms with Crippen LogP contribution in [0.3, 0.4) is 0 Å². The lowest BCUT2D eigenvalue weighted by atomic mass is 10.0. The summed E-state index contributed by atoms with van der Waals surface area (Å²) in [4.78, 5) is 5.21. The van der Waals surface area contributed by atoms with Crippen molar-refractivity contribution in [2.45, 2.75) is 70.6 Å². The van der Waals surface area contributed by atoms with Gasteiger partial charge in [0.1, 0.15) is 0 Å². The van der Waals surface area contributed by atoms with Crippen molar-refractivity contribution in [1.82, 2.24) is 9.80 Å². The summed E-state index contributed by atoms with van der Waals surface area (Å²) in [5, 5.41) is 10.3. The molecule has 2 saturated heterocycles. The lowest BCUT2D eigenvalue weighted by Gasteiger charge is -2.32. The van der Waals surface area contributed by atoms with E-state index in [2.05, 4.69) is 23.6 Å². The molecular weight excluding hydrogens is 224 g/mol. The molecule has 0 aromatic carbocycles. The maximum atomic E-state index is 10.3. The molecule has 0 aromatic heterocycles. The Hall–Kier alpha value is -0.120. The molecular formula is C15H30N2O. The second-order valence-electron chi connectivity index (χ2n) is 6.01. The van der Waals surface area contributed by atoms with Crippen LogP contribution in [0.1, 0.15) is 52.4 Å². The van der Waals surface area contributed by atoms with E-state index in [1.165, 1.54) is 45.4 Å². The van der Waals surface area contributed by atoms with E-state index in [-0.39, 0.29) is 6.10 Å². The molecule has 0 spiro atoms. The van der Waals surface area contributed by atoms with Crippen molar-refractivity contribution in [3.8, 4) is 0 Å². The molecule has 2 heterocycles. The highest BCUT2D eigenvalue weighted by Crippen LogP contribution is 2.24. The average molecular weight is 254 g/mol. The van der Waals surface area contributed by atoms with Gasteiger partial charge in [-0.1, -0.05) is 20.3 Å². The summed E-state index contributed by atoms with van der Waals surface area (Å²) < 4.78 is 0. The highest BCUT2D eigenvalue weighted by atomic mass is 16.3. The summed E-state index contributed by atoms with van der Waals surface area (Å²) in [6, 6.07) is 1.15. The van der Waals surface area contributed by atoms with Crippen LogP contribution in [0.25, 0.3) is 0 Å². The molecule has 3 nitrogen and oxygen atoms in total. The largest absolute Gasteiger partial charge is 0.391 e. The molecule has 0 saturated carbocycles. The van der Waals surface area contributed by atoms with Crippen molar-refractivity contribution < 1.29 is 5.11 Å². The Morgan fingerprint density at radius 3 is 2.50 bits per heavy atom. The first kappa shape index (κ1) is 14.3. The summed E-state index contributed by atoms with van der Waals surface area (Å²) in [7, 11) is 0. The molecule has 0 aromatic rings. The molecule has 18 heavy (non-hydrogen) atoms. The number of aliphatic hydroxyl groups is 1. The van der Waals surface area contributed by atoms with Crippen molar-refractivity contribution in [1.29, 1.82) is 0 Å². The van der Waals surface area contributed by atoms with Gasteiger partial charge in [-0.3, -0.25) is 9.80 Å². The molecule has 0 bridgehead atoms. The second kappa shape index (κ2) is 6.88. The third-order valence-electron chi connectivity index (χ3n) is 4.77. The van der Waals surface area contributed by atoms with Gasteiger partial charge in [0, 0.05) is 25.2 Å². The van der Waals surface area contributed by atoms with Crippen LogP contribution in [0, 0.1) is 0 Å². The number of hydrogen-bond donors (Lipinski definition) is 1. The molecule has 2 aliphatic rings. The minimum absolute atomic E-state index is 0.127. The van der Waals surface area contributed by atoms with Gasteiger partial charge in [-0.2, -0.15) is 0 Å². The summed E-state index contributed by atoms with van der Waals surface area (Å²) in [6.07, 6.45) is 7.05. The van der Waals surface area contributed by atoms with E-state index < -0.39 is 0 Å². The lowest BCUT2D eigenvalue weighted by molar-refractivity contribution is 0.0492. The van der Waals surface area contributed by atoms with Crippen LogP contribution in [0.4, 0.5) is 0 Å². The number of hydrogen-bond acceptors (Lipinski definition) is 3. The van der Waals surface area contributed by atoms with E-state index in [1.807, 2.05) is 0 Å². The van der Waals surface area contributed by atoms with Crippen LogP contribution >= 0.6 is 0 Å². The Morgan fingerprint density at radius 1 is 1.17 bits per heavy atom. The van der Waals surface area contributed by atoms with E-state index in [0.29, 0.717) is 6.04 Å². The zero-order chi connectivity index (χ0) is 13.0. The first-order valence-corrected chi connectivity index (χ1v) is 7.92. The Kier molecular flexibility index (Phi) is 5.46. The highest BCUT2D eigenvalue weighted by molar-refractivity contribution is 4.90. The van der Waals surface area contributed by atoms with Gasteiger partial charge in [0.05, 0.1) is 6.10 Å². The van der Waals surface area contributed by atoms with Crippen LogP contribution in [0.5, 0.6) is 0 Å². The fraction of sp³-hybridized carbons (Fsp3) is 1.00. The molecule has 3 atom stereocenters. The van der Waals surface area contributed by atoms with E-state index in [1.54, 1.807) is 0 Å².